The molecular weight excluding hydrogens is 368 g/mol. The van der Waals surface area contributed by atoms with E-state index in [-0.39, 0.29) is 30.2 Å². The number of rotatable bonds is 6. The molecule has 6 nitrogen and oxygen atoms in total. The molecule has 0 fully saturated rings. The van der Waals surface area contributed by atoms with Crippen LogP contribution in [0.1, 0.15) is 54.2 Å². The molecule has 0 spiro atoms. The van der Waals surface area contributed by atoms with Crippen molar-refractivity contribution in [2.75, 3.05) is 18.5 Å². The molecule has 29 heavy (non-hydrogen) atoms. The molecule has 0 saturated carbocycles. The van der Waals surface area contributed by atoms with Gasteiger partial charge in [0.2, 0.25) is 11.8 Å². The second kappa shape index (κ2) is 9.37. The molecule has 152 valence electrons. The van der Waals surface area contributed by atoms with Gasteiger partial charge in [-0.15, -0.1) is 0 Å². The van der Waals surface area contributed by atoms with Crippen molar-refractivity contribution in [1.29, 1.82) is 0 Å². The Morgan fingerprint density at radius 3 is 2.52 bits per heavy atom. The van der Waals surface area contributed by atoms with Gasteiger partial charge in [0.1, 0.15) is 0 Å². The van der Waals surface area contributed by atoms with Gasteiger partial charge in [0.25, 0.3) is 0 Å². The number of nitrogens with zero attached hydrogens (tertiary/aromatic N) is 1. The Labute approximate surface area is 170 Å². The molecule has 0 aromatic heterocycles. The molecule has 2 aromatic rings. The van der Waals surface area contributed by atoms with Crippen LogP contribution in [0.5, 0.6) is 0 Å². The third-order valence-corrected chi connectivity index (χ3v) is 5.04. The predicted molar refractivity (Wildman–Crippen MR) is 111 cm³/mol. The molecule has 1 aliphatic rings. The Bertz CT molecular complexity index is 892. The van der Waals surface area contributed by atoms with E-state index < -0.39 is 0 Å². The van der Waals surface area contributed by atoms with E-state index in [2.05, 4.69) is 5.32 Å². The van der Waals surface area contributed by atoms with Crippen LogP contribution in [-0.2, 0) is 20.7 Å². The van der Waals surface area contributed by atoms with Crippen molar-refractivity contribution in [3.05, 3.63) is 65.2 Å². The van der Waals surface area contributed by atoms with Crippen LogP contribution >= 0.6 is 0 Å². The van der Waals surface area contributed by atoms with Crippen LogP contribution in [0, 0.1) is 0 Å². The lowest BCUT2D eigenvalue weighted by molar-refractivity contribution is -0.132. The van der Waals surface area contributed by atoms with Gasteiger partial charge in [-0.25, -0.2) is 4.79 Å². The minimum Gasteiger partial charge on any atom is -0.462 e. The maximum absolute atomic E-state index is 12.7. The summed E-state index contributed by atoms with van der Waals surface area (Å²) in [4.78, 5) is 38.4. The first kappa shape index (κ1) is 20.6. The summed E-state index contributed by atoms with van der Waals surface area (Å²) in [5.74, 6) is -0.591. The van der Waals surface area contributed by atoms with Crippen LogP contribution in [0.4, 0.5) is 5.69 Å². The van der Waals surface area contributed by atoms with Crippen molar-refractivity contribution in [2.24, 2.45) is 0 Å². The predicted octanol–water partition coefficient (Wildman–Crippen LogP) is 3.73. The van der Waals surface area contributed by atoms with Crippen molar-refractivity contribution >= 4 is 23.5 Å². The third-order valence-electron chi connectivity index (χ3n) is 5.04. The lowest BCUT2D eigenvalue weighted by Crippen LogP contribution is -2.40. The Morgan fingerprint density at radius 1 is 1.10 bits per heavy atom. The fourth-order valence-electron chi connectivity index (χ4n) is 3.60. The minimum absolute atomic E-state index is 0.0350. The van der Waals surface area contributed by atoms with Gasteiger partial charge in [-0.3, -0.25) is 9.59 Å². The van der Waals surface area contributed by atoms with Crippen LogP contribution < -0.4 is 5.32 Å². The van der Waals surface area contributed by atoms with Gasteiger partial charge < -0.3 is 15.0 Å². The Kier molecular flexibility index (Phi) is 6.65. The van der Waals surface area contributed by atoms with Gasteiger partial charge in [-0.1, -0.05) is 31.2 Å². The zero-order chi connectivity index (χ0) is 20.8. The molecule has 1 aliphatic heterocycles. The smallest absolute Gasteiger partial charge is 0.338 e. The maximum Gasteiger partial charge on any atom is 0.338 e. The molecule has 1 atom stereocenters. The number of ether oxygens (including phenoxy) is 1. The lowest BCUT2D eigenvalue weighted by Gasteiger charge is -2.36. The monoisotopic (exact) mass is 394 g/mol. The minimum atomic E-state index is -0.374. The molecule has 0 bridgehead atoms. The van der Waals surface area contributed by atoms with Gasteiger partial charge in [0.15, 0.2) is 0 Å². The number of hydrogen-bond acceptors (Lipinski definition) is 4. The number of amides is 2. The number of hydrogen-bond donors (Lipinski definition) is 1. The van der Waals surface area contributed by atoms with Crippen LogP contribution in [0.15, 0.2) is 48.5 Å². The number of carbonyl (C=O) groups is 3. The molecule has 0 aliphatic carbocycles. The summed E-state index contributed by atoms with van der Waals surface area (Å²) in [5.41, 5.74) is 3.25. The third kappa shape index (κ3) is 5.02. The van der Waals surface area contributed by atoms with Crippen molar-refractivity contribution in [1.82, 2.24) is 4.90 Å². The number of nitrogens with one attached hydrogen (secondary N) is 1. The quantitative estimate of drug-likeness (QED) is 0.758. The lowest BCUT2D eigenvalue weighted by atomic mass is 9.90. The molecule has 0 saturated heterocycles. The SMILES string of the molecule is CCCOC(=O)c1ccc(NC(=O)CC2c3ccccc3CCN2C(C)=O)cc1. The highest BCUT2D eigenvalue weighted by atomic mass is 16.5. The van der Waals surface area contributed by atoms with Gasteiger partial charge >= 0.3 is 5.97 Å². The van der Waals surface area contributed by atoms with E-state index in [9.17, 15) is 14.4 Å². The van der Waals surface area contributed by atoms with E-state index in [1.54, 1.807) is 29.2 Å². The summed E-state index contributed by atoms with van der Waals surface area (Å²) in [7, 11) is 0. The van der Waals surface area contributed by atoms with Crippen LogP contribution in [0.2, 0.25) is 0 Å². The molecule has 1 heterocycles. The van der Waals surface area contributed by atoms with E-state index >= 15 is 0 Å². The van der Waals surface area contributed by atoms with Gasteiger partial charge in [-0.2, -0.15) is 0 Å². The number of benzene rings is 2. The maximum atomic E-state index is 12.7. The van der Waals surface area contributed by atoms with E-state index in [0.29, 0.717) is 24.4 Å². The van der Waals surface area contributed by atoms with Crippen LogP contribution in [0.25, 0.3) is 0 Å². The van der Waals surface area contributed by atoms with E-state index in [4.69, 9.17) is 4.74 Å². The van der Waals surface area contributed by atoms with Gasteiger partial charge in [0.05, 0.1) is 24.6 Å². The van der Waals surface area contributed by atoms with E-state index in [0.717, 1.165) is 18.4 Å². The molecule has 3 rings (SSSR count). The second-order valence-corrected chi connectivity index (χ2v) is 7.14. The summed E-state index contributed by atoms with van der Waals surface area (Å²) in [6, 6.07) is 14.3. The molecule has 6 heteroatoms. The fourth-order valence-corrected chi connectivity index (χ4v) is 3.60. The summed E-state index contributed by atoms with van der Waals surface area (Å²) in [5, 5.41) is 2.86. The number of fused-ring (bicyclic) bond motifs is 1. The summed E-state index contributed by atoms with van der Waals surface area (Å²) < 4.78 is 5.10. The second-order valence-electron chi connectivity index (χ2n) is 7.14. The molecule has 2 amide bonds. The summed E-state index contributed by atoms with van der Waals surface area (Å²) in [6.45, 7) is 4.46. The summed E-state index contributed by atoms with van der Waals surface area (Å²) >= 11 is 0. The highest BCUT2D eigenvalue weighted by molar-refractivity contribution is 5.93. The largest absolute Gasteiger partial charge is 0.462 e. The normalized spacial score (nSPS) is 15.4. The van der Waals surface area contributed by atoms with E-state index in [1.165, 1.54) is 12.5 Å². The first-order valence-corrected chi connectivity index (χ1v) is 9.91. The van der Waals surface area contributed by atoms with Crippen molar-refractivity contribution in [3.8, 4) is 0 Å². The average Bonchev–Trinajstić information content (AvgIpc) is 2.72. The zero-order valence-corrected chi connectivity index (χ0v) is 16.8. The first-order chi connectivity index (χ1) is 14.0. The van der Waals surface area contributed by atoms with Crippen molar-refractivity contribution < 1.29 is 19.1 Å². The standard InChI is InChI=1S/C23H26N2O4/c1-3-14-29-23(28)18-8-10-19(11-9-18)24-22(27)15-21-20-7-5-4-6-17(20)12-13-25(21)16(2)26/h4-11,21H,3,12-15H2,1-2H3,(H,24,27). The zero-order valence-electron chi connectivity index (χ0n) is 16.8. The molecule has 1 N–H and O–H groups in total. The summed E-state index contributed by atoms with van der Waals surface area (Å²) in [6.07, 6.45) is 1.74. The molecule has 0 radical (unpaired) electrons. The van der Waals surface area contributed by atoms with Crippen LogP contribution in [-0.4, -0.2) is 35.8 Å². The first-order valence-electron chi connectivity index (χ1n) is 9.91. The number of esters is 1. The number of anilines is 1. The van der Waals surface area contributed by atoms with Crippen LogP contribution in [0.3, 0.4) is 0 Å². The highest BCUT2D eigenvalue weighted by Gasteiger charge is 2.30. The molecule has 1 unspecified atom stereocenters. The average molecular weight is 394 g/mol. The van der Waals surface area contributed by atoms with Crippen molar-refractivity contribution in [3.63, 3.8) is 0 Å². The van der Waals surface area contributed by atoms with E-state index in [1.807, 2.05) is 31.2 Å². The fraction of sp³-hybridized carbons (Fsp3) is 0.348. The van der Waals surface area contributed by atoms with Crippen molar-refractivity contribution in [2.45, 2.75) is 39.2 Å². The molecule has 2 aromatic carbocycles. The Balaban J connectivity index is 1.68. The number of carbonyl (C=O) groups excluding carboxylic acids is 3. The topological polar surface area (TPSA) is 75.7 Å². The van der Waals surface area contributed by atoms with Gasteiger partial charge in [-0.05, 0) is 48.2 Å². The Hall–Kier alpha value is -3.15. The molecular formula is C23H26N2O4. The highest BCUT2D eigenvalue weighted by Crippen LogP contribution is 2.32. The Morgan fingerprint density at radius 2 is 1.83 bits per heavy atom. The van der Waals surface area contributed by atoms with Gasteiger partial charge in [0, 0.05) is 19.2 Å².